The van der Waals surface area contributed by atoms with Crippen LogP contribution in [0.2, 0.25) is 0 Å². The van der Waals surface area contributed by atoms with Crippen molar-refractivity contribution in [2.75, 3.05) is 6.54 Å². The molecule has 0 radical (unpaired) electrons. The maximum Gasteiger partial charge on any atom is 0.323 e. The number of carboxylic acids is 1. The molecule has 2 aromatic rings. The highest BCUT2D eigenvalue weighted by molar-refractivity contribution is 5.98. The summed E-state index contributed by atoms with van der Waals surface area (Å²) in [6, 6.07) is 5.01. The molecule has 0 spiro atoms. The molecule has 0 aliphatic heterocycles. The van der Waals surface area contributed by atoms with Gasteiger partial charge in [-0.2, -0.15) is 15.4 Å². The topological polar surface area (TPSA) is 99.2 Å². The van der Waals surface area contributed by atoms with Crippen molar-refractivity contribution in [2.45, 2.75) is 18.9 Å². The molecule has 1 fully saturated rings. The van der Waals surface area contributed by atoms with Gasteiger partial charge >= 0.3 is 5.97 Å². The Morgan fingerprint density at radius 2 is 2.05 bits per heavy atom. The van der Waals surface area contributed by atoms with E-state index in [-0.39, 0.29) is 18.5 Å². The van der Waals surface area contributed by atoms with E-state index in [2.05, 4.69) is 15.4 Å². The van der Waals surface area contributed by atoms with E-state index in [1.54, 1.807) is 18.2 Å². The molecule has 1 heterocycles. The number of carbonyl (C=O) groups is 2. The van der Waals surface area contributed by atoms with Crippen molar-refractivity contribution < 1.29 is 14.7 Å². The highest BCUT2D eigenvalue weighted by atomic mass is 16.4. The largest absolute Gasteiger partial charge is 0.480 e. The Bertz CT molecular complexity index is 647. The number of carboxylic acid groups (broad SMARTS) is 1. The fraction of sp³-hybridized carbons (Fsp3) is 0.333. The molecule has 1 aliphatic rings. The van der Waals surface area contributed by atoms with Gasteiger partial charge in [0.05, 0.1) is 0 Å². The summed E-state index contributed by atoms with van der Waals surface area (Å²) in [4.78, 5) is 24.6. The predicted molar refractivity (Wildman–Crippen MR) is 65.6 cm³/mol. The van der Waals surface area contributed by atoms with Gasteiger partial charge in [0.1, 0.15) is 17.6 Å². The van der Waals surface area contributed by atoms with Crippen molar-refractivity contribution in [2.24, 2.45) is 0 Å². The SMILES string of the molecule is O=C(O)CN(C(=O)c1ccc2n[nH]nc2c1)C1CC1. The second kappa shape index (κ2) is 4.34. The van der Waals surface area contributed by atoms with Crippen molar-refractivity contribution in [1.82, 2.24) is 20.3 Å². The lowest BCUT2D eigenvalue weighted by atomic mass is 10.1. The molecule has 1 aromatic heterocycles. The van der Waals surface area contributed by atoms with Gasteiger partial charge in [-0.1, -0.05) is 0 Å². The van der Waals surface area contributed by atoms with Crippen LogP contribution in [0.3, 0.4) is 0 Å². The number of aromatic nitrogens is 3. The fourth-order valence-corrected chi connectivity index (χ4v) is 2.04. The molecule has 2 N–H and O–H groups in total. The number of H-pyrrole nitrogens is 1. The van der Waals surface area contributed by atoms with E-state index in [1.807, 2.05) is 0 Å². The summed E-state index contributed by atoms with van der Waals surface area (Å²) in [7, 11) is 0. The normalized spacial score (nSPS) is 14.5. The molecule has 1 amide bonds. The zero-order chi connectivity index (χ0) is 13.4. The molecule has 98 valence electrons. The predicted octanol–water partition coefficient (Wildman–Crippen LogP) is 0.647. The van der Waals surface area contributed by atoms with Crippen LogP contribution in [0.25, 0.3) is 11.0 Å². The van der Waals surface area contributed by atoms with Gasteiger partial charge < -0.3 is 10.0 Å². The average molecular weight is 260 g/mol. The van der Waals surface area contributed by atoms with Crippen molar-refractivity contribution >= 4 is 22.9 Å². The number of amides is 1. The van der Waals surface area contributed by atoms with Crippen molar-refractivity contribution in [1.29, 1.82) is 0 Å². The summed E-state index contributed by atoms with van der Waals surface area (Å²) in [5.41, 5.74) is 1.71. The second-order valence-corrected chi connectivity index (χ2v) is 4.59. The number of hydrogen-bond acceptors (Lipinski definition) is 4. The zero-order valence-corrected chi connectivity index (χ0v) is 10.0. The number of carbonyl (C=O) groups excluding carboxylic acids is 1. The zero-order valence-electron chi connectivity index (χ0n) is 10.0. The van der Waals surface area contributed by atoms with Gasteiger partial charge in [0.25, 0.3) is 5.91 Å². The number of nitrogens with zero attached hydrogens (tertiary/aromatic N) is 3. The number of benzene rings is 1. The summed E-state index contributed by atoms with van der Waals surface area (Å²) in [6.45, 7) is -0.264. The third-order valence-corrected chi connectivity index (χ3v) is 3.12. The first-order valence-corrected chi connectivity index (χ1v) is 5.98. The minimum absolute atomic E-state index is 0.0524. The Labute approximate surface area is 108 Å². The van der Waals surface area contributed by atoms with Gasteiger partial charge in [-0.15, -0.1) is 0 Å². The lowest BCUT2D eigenvalue weighted by molar-refractivity contribution is -0.137. The fourth-order valence-electron chi connectivity index (χ4n) is 2.04. The first kappa shape index (κ1) is 11.6. The van der Waals surface area contributed by atoms with E-state index < -0.39 is 5.97 Å². The molecule has 0 bridgehead atoms. The third kappa shape index (κ3) is 2.26. The van der Waals surface area contributed by atoms with Crippen molar-refractivity contribution in [3.63, 3.8) is 0 Å². The molecule has 1 aliphatic carbocycles. The Morgan fingerprint density at radius 3 is 2.74 bits per heavy atom. The monoisotopic (exact) mass is 260 g/mol. The maximum atomic E-state index is 12.3. The highest BCUT2D eigenvalue weighted by Gasteiger charge is 2.34. The Balaban J connectivity index is 1.89. The summed E-state index contributed by atoms with van der Waals surface area (Å²) in [5.74, 6) is -1.27. The third-order valence-electron chi connectivity index (χ3n) is 3.12. The van der Waals surface area contributed by atoms with E-state index in [1.165, 1.54) is 4.90 Å². The van der Waals surface area contributed by atoms with Crippen LogP contribution in [0.15, 0.2) is 18.2 Å². The number of rotatable bonds is 4. The Hall–Kier alpha value is -2.44. The van der Waals surface area contributed by atoms with Gasteiger partial charge in [0, 0.05) is 11.6 Å². The second-order valence-electron chi connectivity index (χ2n) is 4.59. The number of aliphatic carboxylic acids is 1. The molecular weight excluding hydrogens is 248 g/mol. The lowest BCUT2D eigenvalue weighted by Crippen LogP contribution is -2.37. The molecule has 1 aromatic carbocycles. The summed E-state index contributed by atoms with van der Waals surface area (Å²) < 4.78 is 0. The molecule has 7 nitrogen and oxygen atoms in total. The Morgan fingerprint density at radius 1 is 1.32 bits per heavy atom. The number of fused-ring (bicyclic) bond motifs is 1. The molecule has 7 heteroatoms. The van der Waals surface area contributed by atoms with E-state index >= 15 is 0 Å². The van der Waals surface area contributed by atoms with Gasteiger partial charge in [0.2, 0.25) is 0 Å². The lowest BCUT2D eigenvalue weighted by Gasteiger charge is -2.20. The molecular formula is C12H12N4O3. The van der Waals surface area contributed by atoms with Crippen LogP contribution in [0.5, 0.6) is 0 Å². The first-order chi connectivity index (χ1) is 9.15. The Kier molecular flexibility index (Phi) is 2.66. The van der Waals surface area contributed by atoms with Crippen LogP contribution in [-0.2, 0) is 4.79 Å². The van der Waals surface area contributed by atoms with E-state index in [9.17, 15) is 9.59 Å². The first-order valence-electron chi connectivity index (χ1n) is 5.98. The highest BCUT2D eigenvalue weighted by Crippen LogP contribution is 2.28. The summed E-state index contributed by atoms with van der Waals surface area (Å²) >= 11 is 0. The number of hydrogen-bond donors (Lipinski definition) is 2. The van der Waals surface area contributed by atoms with Gasteiger partial charge in [0.15, 0.2) is 0 Å². The smallest absolute Gasteiger partial charge is 0.323 e. The van der Waals surface area contributed by atoms with Crippen LogP contribution < -0.4 is 0 Å². The van der Waals surface area contributed by atoms with Crippen LogP contribution in [0, 0.1) is 0 Å². The molecule has 0 unspecified atom stereocenters. The van der Waals surface area contributed by atoms with E-state index in [4.69, 9.17) is 5.11 Å². The number of nitrogens with one attached hydrogen (secondary N) is 1. The minimum atomic E-state index is -0.997. The molecule has 19 heavy (non-hydrogen) atoms. The van der Waals surface area contributed by atoms with Gasteiger partial charge in [-0.3, -0.25) is 9.59 Å². The van der Waals surface area contributed by atoms with Gasteiger partial charge in [-0.25, -0.2) is 0 Å². The van der Waals surface area contributed by atoms with Crippen molar-refractivity contribution in [3.8, 4) is 0 Å². The standard InChI is InChI=1S/C12H12N4O3/c17-11(18)6-16(8-2-3-8)12(19)7-1-4-9-10(5-7)14-15-13-9/h1,4-5,8H,2-3,6H2,(H,17,18)(H,13,14,15). The minimum Gasteiger partial charge on any atom is -0.480 e. The quantitative estimate of drug-likeness (QED) is 0.840. The van der Waals surface area contributed by atoms with E-state index in [0.717, 1.165) is 12.8 Å². The maximum absolute atomic E-state index is 12.3. The summed E-state index contributed by atoms with van der Waals surface area (Å²) in [6.07, 6.45) is 1.73. The average Bonchev–Trinajstić information content (AvgIpc) is 3.12. The summed E-state index contributed by atoms with van der Waals surface area (Å²) in [5, 5.41) is 19.2. The number of aromatic amines is 1. The molecule has 0 saturated heterocycles. The van der Waals surface area contributed by atoms with Gasteiger partial charge in [-0.05, 0) is 31.0 Å². The van der Waals surface area contributed by atoms with Crippen molar-refractivity contribution in [3.05, 3.63) is 23.8 Å². The van der Waals surface area contributed by atoms with Crippen LogP contribution in [-0.4, -0.2) is 49.9 Å². The van der Waals surface area contributed by atoms with Crippen LogP contribution in [0.1, 0.15) is 23.2 Å². The molecule has 0 atom stereocenters. The van der Waals surface area contributed by atoms with Crippen LogP contribution >= 0.6 is 0 Å². The molecule has 3 rings (SSSR count). The van der Waals surface area contributed by atoms with Crippen LogP contribution in [0.4, 0.5) is 0 Å². The van der Waals surface area contributed by atoms with E-state index in [0.29, 0.717) is 16.6 Å². The molecule has 1 saturated carbocycles.